The normalized spacial score (nSPS) is 30.7. The van der Waals surface area contributed by atoms with Crippen LogP contribution in [0.5, 0.6) is 0 Å². The molecule has 1 saturated heterocycles. The van der Waals surface area contributed by atoms with E-state index in [0.29, 0.717) is 15.9 Å². The first-order valence-electron chi connectivity index (χ1n) is 6.97. The number of aromatic nitrogens is 1. The second-order valence-electron chi connectivity index (χ2n) is 5.36. The van der Waals surface area contributed by atoms with Crippen LogP contribution < -0.4 is 4.84 Å². The maximum absolute atomic E-state index is 10.0. The summed E-state index contributed by atoms with van der Waals surface area (Å²) < 4.78 is 6.49. The fourth-order valence-electron chi connectivity index (χ4n) is 2.54. The van der Waals surface area contributed by atoms with Gasteiger partial charge in [0.1, 0.15) is 29.9 Å². The molecule has 1 aromatic carbocycles. The van der Waals surface area contributed by atoms with Crippen molar-refractivity contribution >= 4 is 45.7 Å². The van der Waals surface area contributed by atoms with Crippen molar-refractivity contribution in [2.75, 3.05) is 6.61 Å². The van der Waals surface area contributed by atoms with E-state index in [1.807, 2.05) is 0 Å². The van der Waals surface area contributed by atoms with Gasteiger partial charge in [-0.3, -0.25) is 0 Å². The second-order valence-corrected chi connectivity index (χ2v) is 6.55. The van der Waals surface area contributed by atoms with Crippen LogP contribution in [0.25, 0.3) is 10.9 Å². The third-order valence-corrected chi connectivity index (χ3v) is 4.94. The molecule has 0 amide bonds. The summed E-state index contributed by atoms with van der Waals surface area (Å²) in [4.78, 5) is 5.52. The van der Waals surface area contributed by atoms with Crippen molar-refractivity contribution < 1.29 is 30.0 Å². The van der Waals surface area contributed by atoms with Crippen LogP contribution in [0.2, 0.25) is 15.1 Å². The highest BCUT2D eigenvalue weighted by Crippen LogP contribution is 2.36. The lowest BCUT2D eigenvalue weighted by molar-refractivity contribution is -0.299. The van der Waals surface area contributed by atoms with E-state index in [-0.39, 0.29) is 10.0 Å². The summed E-state index contributed by atoms with van der Waals surface area (Å²) in [5.74, 6) is 0. The Labute approximate surface area is 151 Å². The van der Waals surface area contributed by atoms with Crippen molar-refractivity contribution in [2.24, 2.45) is 0 Å². The Morgan fingerprint density at radius 2 is 1.79 bits per heavy atom. The molecule has 2 heterocycles. The standard InChI is InChI=1S/C14H14Cl3NO6/c15-6-3-7(16)9(17)10-5(6)1-2-18(10)24-14-13(22)12(21)11(20)8(4-19)23-14/h1-3,8,11-14,19-22H,4H2/t8-,11+,12+,13-,14+/m1/s1. The first-order valence-corrected chi connectivity index (χ1v) is 8.10. The van der Waals surface area contributed by atoms with E-state index < -0.39 is 37.3 Å². The molecule has 1 aliphatic heterocycles. The minimum absolute atomic E-state index is 0.186. The monoisotopic (exact) mass is 397 g/mol. The van der Waals surface area contributed by atoms with Gasteiger partial charge in [0.05, 0.1) is 21.7 Å². The number of aliphatic hydroxyl groups excluding tert-OH is 4. The predicted molar refractivity (Wildman–Crippen MR) is 87.3 cm³/mol. The molecule has 24 heavy (non-hydrogen) atoms. The molecular formula is C14H14Cl3NO6. The van der Waals surface area contributed by atoms with Gasteiger partial charge in [0.2, 0.25) is 0 Å². The van der Waals surface area contributed by atoms with E-state index in [1.165, 1.54) is 17.0 Å². The molecule has 1 aromatic heterocycles. The predicted octanol–water partition coefficient (Wildman–Crippen LogP) is 0.830. The van der Waals surface area contributed by atoms with Crippen LogP contribution in [0.15, 0.2) is 18.3 Å². The summed E-state index contributed by atoms with van der Waals surface area (Å²) >= 11 is 18.3. The van der Waals surface area contributed by atoms with Gasteiger partial charge in [0.15, 0.2) is 0 Å². The lowest BCUT2D eigenvalue weighted by Gasteiger charge is -2.39. The van der Waals surface area contributed by atoms with Crippen LogP contribution >= 0.6 is 34.8 Å². The molecule has 1 fully saturated rings. The molecule has 2 aromatic rings. The zero-order chi connectivity index (χ0) is 17.6. The number of benzene rings is 1. The van der Waals surface area contributed by atoms with E-state index in [1.54, 1.807) is 6.07 Å². The van der Waals surface area contributed by atoms with Crippen LogP contribution in [-0.2, 0) is 4.74 Å². The first-order chi connectivity index (χ1) is 11.3. The molecule has 0 spiro atoms. The topological polar surface area (TPSA) is 104 Å². The molecule has 0 radical (unpaired) electrons. The van der Waals surface area contributed by atoms with Crippen molar-refractivity contribution in [3.8, 4) is 0 Å². The molecule has 0 saturated carbocycles. The molecule has 3 rings (SSSR count). The molecule has 4 N–H and O–H groups in total. The van der Waals surface area contributed by atoms with Gasteiger partial charge in [-0.15, -0.1) is 0 Å². The highest BCUT2D eigenvalue weighted by Gasteiger charge is 2.45. The maximum atomic E-state index is 10.0. The quantitative estimate of drug-likeness (QED) is 0.571. The maximum Gasteiger partial charge on any atom is 0.254 e. The van der Waals surface area contributed by atoms with Gasteiger partial charge < -0.3 is 30.0 Å². The van der Waals surface area contributed by atoms with E-state index >= 15 is 0 Å². The van der Waals surface area contributed by atoms with E-state index in [2.05, 4.69) is 0 Å². The van der Waals surface area contributed by atoms with Crippen molar-refractivity contribution in [3.05, 3.63) is 33.4 Å². The Kier molecular flexibility index (Phi) is 5.15. The van der Waals surface area contributed by atoms with Crippen molar-refractivity contribution in [1.29, 1.82) is 0 Å². The van der Waals surface area contributed by atoms with Gasteiger partial charge in [0.25, 0.3) is 6.29 Å². The van der Waals surface area contributed by atoms with Crippen molar-refractivity contribution in [1.82, 2.24) is 4.73 Å². The molecular weight excluding hydrogens is 385 g/mol. The van der Waals surface area contributed by atoms with Crippen molar-refractivity contribution in [2.45, 2.75) is 30.7 Å². The summed E-state index contributed by atoms with van der Waals surface area (Å²) in [6.45, 7) is -0.560. The number of aliphatic hydroxyl groups is 4. The summed E-state index contributed by atoms with van der Waals surface area (Å²) in [6, 6.07) is 3.12. The fraction of sp³-hybridized carbons (Fsp3) is 0.429. The average Bonchev–Trinajstić information content (AvgIpc) is 2.97. The highest BCUT2D eigenvalue weighted by atomic mass is 35.5. The van der Waals surface area contributed by atoms with Crippen molar-refractivity contribution in [3.63, 3.8) is 0 Å². The zero-order valence-electron chi connectivity index (χ0n) is 12.0. The third kappa shape index (κ3) is 2.95. The molecule has 7 nitrogen and oxygen atoms in total. The fourth-order valence-corrected chi connectivity index (χ4v) is 3.30. The lowest BCUT2D eigenvalue weighted by atomic mass is 9.99. The third-order valence-electron chi connectivity index (χ3n) is 3.85. The zero-order valence-corrected chi connectivity index (χ0v) is 14.3. The molecule has 1 aliphatic rings. The van der Waals surface area contributed by atoms with Gasteiger partial charge >= 0.3 is 0 Å². The minimum atomic E-state index is -1.55. The molecule has 10 heteroatoms. The van der Waals surface area contributed by atoms with Gasteiger partial charge in [-0.25, -0.2) is 0 Å². The lowest BCUT2D eigenvalue weighted by Crippen LogP contribution is -2.61. The van der Waals surface area contributed by atoms with E-state index in [0.717, 1.165) is 0 Å². The van der Waals surface area contributed by atoms with Gasteiger partial charge in [-0.1, -0.05) is 34.8 Å². The van der Waals surface area contributed by atoms with Crippen LogP contribution in [0.4, 0.5) is 0 Å². The smallest absolute Gasteiger partial charge is 0.254 e. The summed E-state index contributed by atoms with van der Waals surface area (Å²) in [7, 11) is 0. The summed E-state index contributed by atoms with van der Waals surface area (Å²) in [5, 5.41) is 40.1. The minimum Gasteiger partial charge on any atom is -0.394 e. The van der Waals surface area contributed by atoms with Gasteiger partial charge in [-0.2, -0.15) is 4.73 Å². The van der Waals surface area contributed by atoms with E-state index in [9.17, 15) is 20.4 Å². The Morgan fingerprint density at radius 1 is 1.08 bits per heavy atom. The second kappa shape index (κ2) is 6.86. The molecule has 0 aliphatic carbocycles. The Balaban J connectivity index is 1.95. The highest BCUT2D eigenvalue weighted by molar-refractivity contribution is 6.47. The summed E-state index contributed by atoms with van der Waals surface area (Å²) in [6.07, 6.45) is -5.53. The Bertz CT molecular complexity index is 752. The van der Waals surface area contributed by atoms with Crippen LogP contribution in [-0.4, -0.2) is 62.5 Å². The number of hydrogen-bond donors (Lipinski definition) is 4. The first kappa shape index (κ1) is 18.0. The van der Waals surface area contributed by atoms with Crippen LogP contribution in [0.1, 0.15) is 0 Å². The number of rotatable bonds is 3. The summed E-state index contributed by atoms with van der Waals surface area (Å²) in [5.41, 5.74) is 0.353. The SMILES string of the molecule is OC[C@H]1O[C@@H](On2ccc3c(Cl)cc(Cl)c(Cl)c32)[C@H](O)[C@@H](O)[C@H]1O. The van der Waals surface area contributed by atoms with E-state index in [4.69, 9.17) is 44.4 Å². The number of fused-ring (bicyclic) bond motifs is 1. The van der Waals surface area contributed by atoms with Gasteiger partial charge in [-0.05, 0) is 12.1 Å². The van der Waals surface area contributed by atoms with Crippen LogP contribution in [0.3, 0.4) is 0 Å². The molecule has 0 unspecified atom stereocenters. The van der Waals surface area contributed by atoms with Gasteiger partial charge in [0, 0.05) is 11.6 Å². The average molecular weight is 399 g/mol. The largest absolute Gasteiger partial charge is 0.394 e. The molecule has 132 valence electrons. The number of ether oxygens (including phenoxy) is 1. The molecule has 5 atom stereocenters. The number of nitrogens with zero attached hydrogens (tertiary/aromatic N) is 1. The Morgan fingerprint density at radius 3 is 2.46 bits per heavy atom. The number of halogens is 3. The van der Waals surface area contributed by atoms with Crippen LogP contribution in [0, 0.1) is 0 Å². The molecule has 0 bridgehead atoms. The number of hydrogen-bond acceptors (Lipinski definition) is 6. The Hall–Kier alpha value is -0.770.